The van der Waals surface area contributed by atoms with Crippen molar-refractivity contribution in [1.29, 1.82) is 0 Å². The van der Waals surface area contributed by atoms with E-state index in [9.17, 15) is 35.9 Å². The first-order valence-electron chi connectivity index (χ1n) is 18.9. The second-order valence-corrected chi connectivity index (χ2v) is 19.0. The van der Waals surface area contributed by atoms with Gasteiger partial charge in [-0.15, -0.1) is 22.7 Å². The molecule has 0 aliphatic heterocycles. The number of hydrogen-bond acceptors (Lipinski definition) is 12. The van der Waals surface area contributed by atoms with Gasteiger partial charge < -0.3 is 30.3 Å². The summed E-state index contributed by atoms with van der Waals surface area (Å²) in [5.74, 6) is 0.614. The van der Waals surface area contributed by atoms with Gasteiger partial charge in [0.2, 0.25) is 0 Å². The third-order valence-corrected chi connectivity index (χ3v) is 11.4. The number of anilines is 1. The minimum atomic E-state index is -4.26. The van der Waals surface area contributed by atoms with E-state index in [1.165, 1.54) is 24.8 Å². The number of thiophene rings is 2. The molecule has 12 nitrogen and oxygen atoms in total. The molecule has 4 aromatic heterocycles. The predicted molar refractivity (Wildman–Crippen MR) is 218 cm³/mol. The molecule has 4 aromatic rings. The molecular weight excluding hydrogens is 846 g/mol. The molecule has 0 aromatic carbocycles. The number of aromatic nitrogens is 4. The van der Waals surface area contributed by atoms with Crippen LogP contribution in [0.3, 0.4) is 0 Å². The van der Waals surface area contributed by atoms with Crippen molar-refractivity contribution in [3.05, 3.63) is 39.7 Å². The zero-order chi connectivity index (χ0) is 43.9. The Balaban J connectivity index is 0.000000215. The summed E-state index contributed by atoms with van der Waals surface area (Å²) in [6.45, 7) is 11.1. The Hall–Kier alpha value is -3.75. The van der Waals surface area contributed by atoms with Crippen LogP contribution < -0.4 is 20.9 Å². The number of alkyl halides is 6. The van der Waals surface area contributed by atoms with E-state index in [4.69, 9.17) is 21.1 Å². The number of carbonyl (C=O) groups is 2. The lowest BCUT2D eigenvalue weighted by molar-refractivity contribution is -0.127. The molecule has 0 unspecified atom stereocenters. The summed E-state index contributed by atoms with van der Waals surface area (Å²) in [5, 5.41) is 10.3. The van der Waals surface area contributed by atoms with Gasteiger partial charge in [-0.25, -0.2) is 29.5 Å². The van der Waals surface area contributed by atoms with Gasteiger partial charge in [-0.2, -0.15) is 26.3 Å². The Labute approximate surface area is 352 Å². The molecule has 2 amide bonds. The smallest absolute Gasteiger partial charge is 0.407 e. The molecule has 2 aliphatic rings. The average Bonchev–Trinajstić information content (AvgIpc) is 3.88. The first-order chi connectivity index (χ1) is 27.3. The maximum absolute atomic E-state index is 12.7. The summed E-state index contributed by atoms with van der Waals surface area (Å²) in [6.07, 6.45) is -3.02. The Kier molecular flexibility index (Phi) is 16.0. The summed E-state index contributed by atoms with van der Waals surface area (Å²) in [6, 6.07) is 3.81. The van der Waals surface area contributed by atoms with Crippen LogP contribution in [0.15, 0.2) is 24.8 Å². The SMILES string of the molecule is CN(c1ncnc2sc(CC(F)(F)F)cc12)[C@@H]1CC[C@H](NC(=O)OC(C)(C)C)C1.CN[C@@H]1CC[C@H](NC(=O)OC(C)(C)C)C1.FC(F)(F)Cc1cc2c(Cl)ncnc2s1. The van der Waals surface area contributed by atoms with Gasteiger partial charge in [-0.3, -0.25) is 0 Å². The topological polar surface area (TPSA) is 143 Å². The van der Waals surface area contributed by atoms with E-state index in [1.807, 2.05) is 60.5 Å². The van der Waals surface area contributed by atoms with Gasteiger partial charge in [0.25, 0.3) is 0 Å². The van der Waals surface area contributed by atoms with E-state index in [-0.39, 0.29) is 39.1 Å². The van der Waals surface area contributed by atoms with Gasteiger partial charge >= 0.3 is 24.5 Å². The van der Waals surface area contributed by atoms with Crippen LogP contribution in [-0.2, 0) is 22.3 Å². The fraction of sp³-hybridized carbons (Fsp3) is 0.632. The van der Waals surface area contributed by atoms with E-state index < -0.39 is 42.5 Å². The van der Waals surface area contributed by atoms with Gasteiger partial charge in [0, 0.05) is 46.4 Å². The Morgan fingerprint density at radius 3 is 1.66 bits per heavy atom. The van der Waals surface area contributed by atoms with Crippen LogP contribution in [0.1, 0.15) is 89.8 Å². The highest BCUT2D eigenvalue weighted by molar-refractivity contribution is 7.19. The van der Waals surface area contributed by atoms with Crippen LogP contribution in [0.25, 0.3) is 20.4 Å². The predicted octanol–water partition coefficient (Wildman–Crippen LogP) is 9.78. The normalized spacial score (nSPS) is 19.7. The maximum atomic E-state index is 12.7. The van der Waals surface area contributed by atoms with Crippen LogP contribution in [-0.4, -0.2) is 93.9 Å². The highest BCUT2D eigenvalue weighted by Gasteiger charge is 2.33. The molecule has 4 atom stereocenters. The van der Waals surface area contributed by atoms with E-state index in [0.29, 0.717) is 38.7 Å². The fourth-order valence-electron chi connectivity index (χ4n) is 6.56. The highest BCUT2D eigenvalue weighted by Crippen LogP contribution is 2.36. The quantitative estimate of drug-likeness (QED) is 0.121. The summed E-state index contributed by atoms with van der Waals surface area (Å²) in [4.78, 5) is 42.9. The summed E-state index contributed by atoms with van der Waals surface area (Å²) >= 11 is 7.74. The largest absolute Gasteiger partial charge is 0.444 e. The average molecular weight is 897 g/mol. The number of halogens is 7. The highest BCUT2D eigenvalue weighted by atomic mass is 35.5. The Morgan fingerprint density at radius 2 is 1.19 bits per heavy atom. The van der Waals surface area contributed by atoms with Crippen molar-refractivity contribution in [2.24, 2.45) is 0 Å². The molecule has 21 heteroatoms. The number of nitrogens with one attached hydrogen (secondary N) is 3. The molecule has 4 heterocycles. The lowest BCUT2D eigenvalue weighted by atomic mass is 10.2. The molecule has 328 valence electrons. The second kappa shape index (κ2) is 19.8. The van der Waals surface area contributed by atoms with Gasteiger partial charge in [0.15, 0.2) is 0 Å². The van der Waals surface area contributed by atoms with Gasteiger partial charge in [-0.05, 0) is 99.2 Å². The van der Waals surface area contributed by atoms with E-state index in [0.717, 1.165) is 54.8 Å². The van der Waals surface area contributed by atoms with Crippen molar-refractivity contribution in [3.8, 4) is 0 Å². The van der Waals surface area contributed by atoms with E-state index >= 15 is 0 Å². The molecule has 2 aliphatic carbocycles. The molecule has 0 saturated heterocycles. The third-order valence-electron chi connectivity index (χ3n) is 9.01. The Morgan fingerprint density at radius 1 is 0.729 bits per heavy atom. The molecule has 0 radical (unpaired) electrons. The number of fused-ring (bicyclic) bond motifs is 2. The van der Waals surface area contributed by atoms with Crippen molar-refractivity contribution >= 4 is 72.7 Å². The number of ether oxygens (including phenoxy) is 2. The lowest BCUT2D eigenvalue weighted by Crippen LogP contribution is -2.39. The first-order valence-corrected chi connectivity index (χ1v) is 20.9. The molecule has 0 spiro atoms. The summed E-state index contributed by atoms with van der Waals surface area (Å²) in [5.41, 5.74) is -0.969. The van der Waals surface area contributed by atoms with Gasteiger partial charge in [0.05, 0.1) is 18.2 Å². The number of carbonyl (C=O) groups excluding carboxylic acids is 2. The molecule has 6 rings (SSSR count). The summed E-state index contributed by atoms with van der Waals surface area (Å²) in [7, 11) is 3.84. The number of hydrogen-bond donors (Lipinski definition) is 3. The number of rotatable bonds is 7. The van der Waals surface area contributed by atoms with Crippen molar-refractivity contribution in [2.75, 3.05) is 19.0 Å². The van der Waals surface area contributed by atoms with E-state index in [1.54, 1.807) is 0 Å². The fourth-order valence-corrected chi connectivity index (χ4v) is 8.85. The number of amides is 2. The van der Waals surface area contributed by atoms with Crippen LogP contribution in [0.4, 0.5) is 41.7 Å². The van der Waals surface area contributed by atoms with Crippen molar-refractivity contribution in [3.63, 3.8) is 0 Å². The molecular formula is C38H51ClF6N8O4S2. The van der Waals surface area contributed by atoms with Crippen LogP contribution in [0.5, 0.6) is 0 Å². The monoisotopic (exact) mass is 896 g/mol. The maximum Gasteiger partial charge on any atom is 0.407 e. The minimum absolute atomic E-state index is 0.0158. The second-order valence-electron chi connectivity index (χ2n) is 16.4. The third kappa shape index (κ3) is 16.0. The molecule has 3 N–H and O–H groups in total. The number of alkyl carbamates (subject to hydrolysis) is 2. The molecule has 2 fully saturated rings. The zero-order valence-corrected chi connectivity index (χ0v) is 36.5. The number of nitrogens with zero attached hydrogens (tertiary/aromatic N) is 5. The van der Waals surface area contributed by atoms with E-state index in [2.05, 4.69) is 35.9 Å². The minimum Gasteiger partial charge on any atom is -0.444 e. The van der Waals surface area contributed by atoms with Crippen molar-refractivity contribution in [1.82, 2.24) is 35.9 Å². The van der Waals surface area contributed by atoms with Crippen LogP contribution >= 0.6 is 34.3 Å². The molecule has 2 saturated carbocycles. The lowest BCUT2D eigenvalue weighted by Gasteiger charge is -2.26. The van der Waals surface area contributed by atoms with Crippen LogP contribution in [0, 0.1) is 0 Å². The standard InChI is InChI=1S/C19H25F3N4O2S.C11H22N2O2.C8H4ClF3N2S/c1-18(2,3)28-17(27)25-11-5-6-12(7-11)26(4)15-14-8-13(9-19(20,21)22)29-16(14)24-10-23-15;1-11(2,3)15-10(14)13-9-6-5-8(7-9)12-4;9-6-5-1-4(2-8(10,11)12)15-7(5)14-3-13-6/h8,10-12H,5-7,9H2,1-4H3,(H,25,27);8-9,12H,5-7H2,1-4H3,(H,13,14);1,3H,2H2/t11-,12+;8-,9+;/m01./s1. The molecule has 0 bridgehead atoms. The summed E-state index contributed by atoms with van der Waals surface area (Å²) < 4.78 is 85.0. The van der Waals surface area contributed by atoms with Gasteiger partial charge in [0.1, 0.15) is 44.5 Å². The Bertz CT molecular complexity index is 2020. The van der Waals surface area contributed by atoms with Gasteiger partial charge in [-0.1, -0.05) is 11.6 Å². The zero-order valence-electron chi connectivity index (χ0n) is 34.1. The molecule has 59 heavy (non-hydrogen) atoms. The van der Waals surface area contributed by atoms with Crippen molar-refractivity contribution < 1.29 is 45.4 Å². The van der Waals surface area contributed by atoms with Crippen LogP contribution in [0.2, 0.25) is 5.15 Å². The first kappa shape index (κ1) is 47.9. The van der Waals surface area contributed by atoms with Crippen molar-refractivity contribution in [2.45, 2.75) is 141 Å².